The van der Waals surface area contributed by atoms with Gasteiger partial charge in [-0.25, -0.2) is 0 Å². The maximum Gasteiger partial charge on any atom is 0.308 e. The molecule has 0 aliphatic carbocycles. The van der Waals surface area contributed by atoms with Crippen LogP contribution in [0.1, 0.15) is 29.5 Å². The number of hydrogen-bond donors (Lipinski definition) is 2. The molecule has 0 spiro atoms. The Labute approximate surface area is 163 Å². The highest BCUT2D eigenvalue weighted by Gasteiger charge is 2.48. The number of oxime groups is 1. The summed E-state index contributed by atoms with van der Waals surface area (Å²) in [6.07, 6.45) is 3.19. The molecule has 2 N–H and O–H groups in total. The molecule has 6 heteroatoms. The molecule has 3 rings (SSSR count). The third-order valence-electron chi connectivity index (χ3n) is 4.55. The molecular formula is C22H22N2O4. The minimum absolute atomic E-state index is 0.0827. The van der Waals surface area contributed by atoms with E-state index < -0.39 is 23.9 Å². The van der Waals surface area contributed by atoms with Crippen LogP contribution in [0.25, 0.3) is 6.08 Å². The van der Waals surface area contributed by atoms with E-state index >= 15 is 0 Å². The number of aliphatic carboxylic acids is 1. The number of amides is 1. The highest BCUT2D eigenvalue weighted by molar-refractivity contribution is 6.08. The molecule has 0 radical (unpaired) electrons. The normalized spacial score (nSPS) is 18.6. The van der Waals surface area contributed by atoms with Crippen LogP contribution in [-0.4, -0.2) is 28.3 Å². The van der Waals surface area contributed by atoms with E-state index in [-0.39, 0.29) is 6.42 Å². The molecule has 0 fully saturated rings. The molecule has 1 amide bonds. The van der Waals surface area contributed by atoms with Gasteiger partial charge in [0, 0.05) is 12.1 Å². The van der Waals surface area contributed by atoms with Gasteiger partial charge in [-0.05, 0) is 37.1 Å². The number of aryl methyl sites for hydroxylation is 2. The number of nitrogens with one attached hydrogen (secondary N) is 1. The Morgan fingerprint density at radius 3 is 2.61 bits per heavy atom. The number of carboxylic acid groups (broad SMARTS) is 1. The molecule has 0 saturated carbocycles. The highest BCUT2D eigenvalue weighted by atomic mass is 16.7. The van der Waals surface area contributed by atoms with Crippen molar-refractivity contribution in [3.8, 4) is 0 Å². The predicted molar refractivity (Wildman–Crippen MR) is 108 cm³/mol. The van der Waals surface area contributed by atoms with E-state index in [1.807, 2.05) is 62.4 Å². The zero-order valence-electron chi connectivity index (χ0n) is 15.8. The van der Waals surface area contributed by atoms with Gasteiger partial charge in [0.2, 0.25) is 5.60 Å². The predicted octanol–water partition coefficient (Wildman–Crippen LogP) is 3.95. The van der Waals surface area contributed by atoms with Crippen LogP contribution in [0, 0.1) is 13.8 Å². The molecule has 0 saturated heterocycles. The Morgan fingerprint density at radius 2 is 1.93 bits per heavy atom. The fraction of sp³-hybridized carbons (Fsp3) is 0.227. The van der Waals surface area contributed by atoms with Crippen LogP contribution >= 0.6 is 0 Å². The van der Waals surface area contributed by atoms with Crippen LogP contribution in [0.4, 0.5) is 5.69 Å². The lowest BCUT2D eigenvalue weighted by Crippen LogP contribution is -2.45. The summed E-state index contributed by atoms with van der Waals surface area (Å²) in [6.45, 7) is 3.84. The van der Waals surface area contributed by atoms with Crippen LogP contribution in [0.2, 0.25) is 0 Å². The lowest BCUT2D eigenvalue weighted by atomic mass is 9.91. The molecule has 144 valence electrons. The first-order chi connectivity index (χ1) is 13.4. The summed E-state index contributed by atoms with van der Waals surface area (Å²) in [5.74, 6) is -1.65. The second-order valence-electron chi connectivity index (χ2n) is 6.93. The van der Waals surface area contributed by atoms with Crippen molar-refractivity contribution in [2.45, 2.75) is 32.3 Å². The fourth-order valence-electron chi connectivity index (χ4n) is 3.08. The Morgan fingerprint density at radius 1 is 1.18 bits per heavy atom. The SMILES string of the molecule is Cc1ccc(NC(=O)[C@@]2(CC(=O)O)CC(C=Cc3ccccc3)=NO2)c(C)c1. The molecule has 6 nitrogen and oxygen atoms in total. The molecule has 0 unspecified atom stereocenters. The summed E-state index contributed by atoms with van der Waals surface area (Å²) < 4.78 is 0. The Hall–Kier alpha value is -3.41. The van der Waals surface area contributed by atoms with Gasteiger partial charge in [0.05, 0.1) is 12.1 Å². The van der Waals surface area contributed by atoms with E-state index in [9.17, 15) is 14.7 Å². The first-order valence-electron chi connectivity index (χ1n) is 8.97. The van der Waals surface area contributed by atoms with Gasteiger partial charge in [-0.3, -0.25) is 9.59 Å². The van der Waals surface area contributed by atoms with Gasteiger partial charge in [0.25, 0.3) is 5.91 Å². The molecule has 1 heterocycles. The quantitative estimate of drug-likeness (QED) is 0.797. The van der Waals surface area contributed by atoms with Crippen LogP contribution in [0.5, 0.6) is 0 Å². The second kappa shape index (κ2) is 8.08. The van der Waals surface area contributed by atoms with Crippen molar-refractivity contribution in [3.05, 3.63) is 71.3 Å². The molecule has 2 aromatic rings. The zero-order valence-corrected chi connectivity index (χ0v) is 15.8. The van der Waals surface area contributed by atoms with Crippen LogP contribution < -0.4 is 5.32 Å². The number of carbonyl (C=O) groups is 2. The van der Waals surface area contributed by atoms with E-state index in [0.717, 1.165) is 16.7 Å². The van der Waals surface area contributed by atoms with Gasteiger partial charge >= 0.3 is 5.97 Å². The van der Waals surface area contributed by atoms with Crippen molar-refractivity contribution in [3.63, 3.8) is 0 Å². The van der Waals surface area contributed by atoms with Crippen LogP contribution in [-0.2, 0) is 14.4 Å². The molecule has 1 aliphatic heterocycles. The molecular weight excluding hydrogens is 356 g/mol. The van der Waals surface area contributed by atoms with E-state index in [0.29, 0.717) is 11.4 Å². The summed E-state index contributed by atoms with van der Waals surface area (Å²) in [4.78, 5) is 29.7. The van der Waals surface area contributed by atoms with E-state index in [4.69, 9.17) is 4.84 Å². The lowest BCUT2D eigenvalue weighted by molar-refractivity contribution is -0.152. The van der Waals surface area contributed by atoms with Gasteiger partial charge in [-0.2, -0.15) is 0 Å². The number of nitrogens with zero attached hydrogens (tertiary/aromatic N) is 1. The first-order valence-corrected chi connectivity index (χ1v) is 8.97. The van der Waals surface area contributed by atoms with Crippen molar-refractivity contribution in [2.24, 2.45) is 5.16 Å². The van der Waals surface area contributed by atoms with Crippen molar-refractivity contribution >= 4 is 29.4 Å². The molecule has 2 aromatic carbocycles. The van der Waals surface area contributed by atoms with Crippen LogP contribution in [0.3, 0.4) is 0 Å². The summed E-state index contributed by atoms with van der Waals surface area (Å²) in [7, 11) is 0. The maximum absolute atomic E-state index is 12.9. The van der Waals surface area contributed by atoms with E-state index in [1.54, 1.807) is 12.1 Å². The topological polar surface area (TPSA) is 88.0 Å². The number of allylic oxidation sites excluding steroid dienone is 1. The Bertz CT molecular complexity index is 950. The third kappa shape index (κ3) is 4.46. The van der Waals surface area contributed by atoms with Crippen molar-refractivity contribution in [1.82, 2.24) is 0 Å². The van der Waals surface area contributed by atoms with E-state index in [2.05, 4.69) is 10.5 Å². The minimum Gasteiger partial charge on any atom is -0.481 e. The highest BCUT2D eigenvalue weighted by Crippen LogP contribution is 2.31. The molecule has 0 aromatic heterocycles. The van der Waals surface area contributed by atoms with Gasteiger partial charge in [0.15, 0.2) is 0 Å². The fourth-order valence-corrected chi connectivity index (χ4v) is 3.08. The number of benzene rings is 2. The van der Waals surface area contributed by atoms with Gasteiger partial charge < -0.3 is 15.3 Å². The zero-order chi connectivity index (χ0) is 20.1. The summed E-state index contributed by atoms with van der Waals surface area (Å²) in [5, 5.41) is 16.1. The van der Waals surface area contributed by atoms with E-state index in [1.165, 1.54) is 0 Å². The first kappa shape index (κ1) is 19.4. The van der Waals surface area contributed by atoms with Crippen LogP contribution in [0.15, 0.2) is 59.8 Å². The maximum atomic E-state index is 12.9. The molecule has 1 aliphatic rings. The van der Waals surface area contributed by atoms with Gasteiger partial charge in [0.1, 0.15) is 0 Å². The average molecular weight is 378 g/mol. The minimum atomic E-state index is -1.57. The summed E-state index contributed by atoms with van der Waals surface area (Å²) >= 11 is 0. The lowest BCUT2D eigenvalue weighted by Gasteiger charge is -2.24. The van der Waals surface area contributed by atoms with Gasteiger partial charge in [-0.15, -0.1) is 0 Å². The van der Waals surface area contributed by atoms with Crippen molar-refractivity contribution in [2.75, 3.05) is 5.32 Å². The average Bonchev–Trinajstić information content (AvgIpc) is 3.07. The monoisotopic (exact) mass is 378 g/mol. The van der Waals surface area contributed by atoms with Crippen molar-refractivity contribution in [1.29, 1.82) is 0 Å². The number of rotatable bonds is 6. The third-order valence-corrected chi connectivity index (χ3v) is 4.55. The number of anilines is 1. The molecule has 28 heavy (non-hydrogen) atoms. The second-order valence-corrected chi connectivity index (χ2v) is 6.93. The summed E-state index contributed by atoms with van der Waals surface area (Å²) in [5.41, 5.74) is 2.50. The largest absolute Gasteiger partial charge is 0.481 e. The smallest absolute Gasteiger partial charge is 0.308 e. The van der Waals surface area contributed by atoms with Crippen molar-refractivity contribution < 1.29 is 19.5 Å². The Balaban J connectivity index is 1.77. The number of carbonyl (C=O) groups excluding carboxylic acids is 1. The summed E-state index contributed by atoms with van der Waals surface area (Å²) in [6, 6.07) is 15.2. The number of carboxylic acids is 1. The molecule has 1 atom stereocenters. The molecule has 0 bridgehead atoms. The standard InChI is InChI=1S/C22H22N2O4/c1-15-8-11-19(16(2)12-15)23-21(27)22(14-20(25)26)13-18(24-28-22)10-9-17-6-4-3-5-7-17/h3-12H,13-14H2,1-2H3,(H,23,27)(H,25,26)/t22-/m0/s1. The van der Waals surface area contributed by atoms with Gasteiger partial charge in [-0.1, -0.05) is 59.3 Å². The number of hydrogen-bond acceptors (Lipinski definition) is 4. The Kier molecular flexibility index (Phi) is 5.59.